The van der Waals surface area contributed by atoms with Gasteiger partial charge in [0.15, 0.2) is 0 Å². The summed E-state index contributed by atoms with van der Waals surface area (Å²) in [7, 11) is 1.54. The zero-order valence-electron chi connectivity index (χ0n) is 9.65. The zero-order valence-corrected chi connectivity index (χ0v) is 10.4. The highest BCUT2D eigenvalue weighted by atomic mass is 35.5. The second-order valence-corrected chi connectivity index (χ2v) is 3.96. The Bertz CT molecular complexity index is 321. The molecule has 1 aliphatic heterocycles. The van der Waals surface area contributed by atoms with E-state index < -0.39 is 17.8 Å². The highest BCUT2D eigenvalue weighted by Gasteiger charge is 2.36. The summed E-state index contributed by atoms with van der Waals surface area (Å²) in [5.41, 5.74) is 0. The molecule has 1 rings (SSSR count). The summed E-state index contributed by atoms with van der Waals surface area (Å²) in [6, 6.07) is -0.581. The monoisotopic (exact) mass is 262 g/mol. The van der Waals surface area contributed by atoms with Gasteiger partial charge >= 0.3 is 6.03 Å². The summed E-state index contributed by atoms with van der Waals surface area (Å²) in [6.07, 6.45) is 0.284. The van der Waals surface area contributed by atoms with Gasteiger partial charge in [-0.3, -0.25) is 19.4 Å². The fourth-order valence-corrected chi connectivity index (χ4v) is 1.74. The largest absolute Gasteiger partial charge is 0.385 e. The zero-order chi connectivity index (χ0) is 12.8. The number of ether oxygens (including phenoxy) is 1. The quantitative estimate of drug-likeness (QED) is 0.396. The Kier molecular flexibility index (Phi) is 5.37. The van der Waals surface area contributed by atoms with Crippen LogP contribution in [0.1, 0.15) is 12.8 Å². The van der Waals surface area contributed by atoms with Gasteiger partial charge in [-0.1, -0.05) is 0 Å². The van der Waals surface area contributed by atoms with Crippen LogP contribution in [-0.2, 0) is 14.3 Å². The van der Waals surface area contributed by atoms with Crippen molar-refractivity contribution < 1.29 is 19.1 Å². The number of methoxy groups -OCH3 is 1. The minimum absolute atomic E-state index is 0.132. The molecule has 0 radical (unpaired) electrons. The fourth-order valence-electron chi connectivity index (χ4n) is 1.57. The molecule has 1 heterocycles. The van der Waals surface area contributed by atoms with E-state index in [2.05, 4.69) is 0 Å². The van der Waals surface area contributed by atoms with Gasteiger partial charge < -0.3 is 4.74 Å². The molecule has 0 saturated carbocycles. The van der Waals surface area contributed by atoms with Crippen LogP contribution in [0.2, 0.25) is 0 Å². The third-order valence-electron chi connectivity index (χ3n) is 2.40. The molecule has 96 valence electrons. The SMILES string of the molecule is COCCCN1C(=O)CC(=O)N(CCCl)C1=O. The van der Waals surface area contributed by atoms with Gasteiger partial charge in [0.25, 0.3) is 0 Å². The predicted octanol–water partition coefficient (Wildman–Crippen LogP) is 0.443. The molecule has 4 amide bonds. The summed E-state index contributed by atoms with van der Waals surface area (Å²) in [5.74, 6) is -0.775. The molecule has 1 fully saturated rings. The van der Waals surface area contributed by atoms with E-state index in [1.54, 1.807) is 7.11 Å². The van der Waals surface area contributed by atoms with Crippen LogP contribution in [0.25, 0.3) is 0 Å². The summed E-state index contributed by atoms with van der Waals surface area (Å²) < 4.78 is 4.85. The average molecular weight is 263 g/mol. The van der Waals surface area contributed by atoms with Crippen molar-refractivity contribution in [3.8, 4) is 0 Å². The van der Waals surface area contributed by atoms with Crippen molar-refractivity contribution in [2.24, 2.45) is 0 Å². The molecule has 1 aliphatic rings. The molecule has 0 spiro atoms. The van der Waals surface area contributed by atoms with Crippen molar-refractivity contribution in [3.63, 3.8) is 0 Å². The standard InChI is InChI=1S/C10H15ClN2O4/c1-17-6-2-4-12-8(14)7-9(15)13(5-3-11)10(12)16/h2-7H2,1H3. The van der Waals surface area contributed by atoms with Gasteiger partial charge in [0.2, 0.25) is 11.8 Å². The van der Waals surface area contributed by atoms with Gasteiger partial charge in [-0.15, -0.1) is 11.6 Å². The summed E-state index contributed by atoms with van der Waals surface area (Å²) >= 11 is 5.51. The Morgan fingerprint density at radius 3 is 2.29 bits per heavy atom. The molecule has 6 nitrogen and oxygen atoms in total. The number of nitrogens with zero attached hydrogens (tertiary/aromatic N) is 2. The number of urea groups is 1. The van der Waals surface area contributed by atoms with Crippen LogP contribution >= 0.6 is 11.6 Å². The van der Waals surface area contributed by atoms with Crippen molar-refractivity contribution in [2.75, 3.05) is 32.7 Å². The summed E-state index contributed by atoms with van der Waals surface area (Å²) in [6.45, 7) is 0.853. The summed E-state index contributed by atoms with van der Waals surface area (Å²) in [5, 5.41) is 0. The average Bonchev–Trinajstić information content (AvgIpc) is 2.29. The van der Waals surface area contributed by atoms with Gasteiger partial charge in [0, 0.05) is 32.7 Å². The first-order valence-corrected chi connectivity index (χ1v) is 5.85. The van der Waals surface area contributed by atoms with Gasteiger partial charge in [-0.05, 0) is 6.42 Å². The third kappa shape index (κ3) is 3.41. The van der Waals surface area contributed by atoms with E-state index in [0.29, 0.717) is 13.0 Å². The van der Waals surface area contributed by atoms with E-state index in [1.165, 1.54) is 0 Å². The first kappa shape index (κ1) is 13.9. The lowest BCUT2D eigenvalue weighted by molar-refractivity contribution is -0.142. The lowest BCUT2D eigenvalue weighted by Gasteiger charge is -2.32. The number of alkyl halides is 1. The molecular formula is C10H15ClN2O4. The van der Waals surface area contributed by atoms with E-state index >= 15 is 0 Å². The van der Waals surface area contributed by atoms with E-state index in [1.807, 2.05) is 0 Å². The Morgan fingerprint density at radius 1 is 1.18 bits per heavy atom. The molecule has 0 aromatic carbocycles. The van der Waals surface area contributed by atoms with Crippen LogP contribution < -0.4 is 0 Å². The van der Waals surface area contributed by atoms with E-state index in [4.69, 9.17) is 16.3 Å². The molecule has 0 aromatic heterocycles. The molecule has 0 unspecified atom stereocenters. The molecule has 0 aromatic rings. The first-order valence-electron chi connectivity index (χ1n) is 5.31. The maximum absolute atomic E-state index is 11.8. The Labute approximate surface area is 104 Å². The lowest BCUT2D eigenvalue weighted by Crippen LogP contribution is -2.55. The van der Waals surface area contributed by atoms with Crippen LogP contribution in [0.3, 0.4) is 0 Å². The van der Waals surface area contributed by atoms with Gasteiger partial charge in [0.05, 0.1) is 0 Å². The van der Waals surface area contributed by atoms with E-state index in [9.17, 15) is 14.4 Å². The van der Waals surface area contributed by atoms with Crippen molar-refractivity contribution in [2.45, 2.75) is 12.8 Å². The number of barbiturate groups is 1. The number of imide groups is 2. The van der Waals surface area contributed by atoms with Crippen molar-refractivity contribution in [1.29, 1.82) is 0 Å². The molecule has 7 heteroatoms. The number of hydrogen-bond donors (Lipinski definition) is 0. The van der Waals surface area contributed by atoms with Crippen molar-refractivity contribution in [1.82, 2.24) is 9.80 Å². The van der Waals surface area contributed by atoms with E-state index in [-0.39, 0.29) is 25.4 Å². The van der Waals surface area contributed by atoms with Crippen molar-refractivity contribution >= 4 is 29.4 Å². The number of amides is 4. The van der Waals surface area contributed by atoms with Gasteiger partial charge in [-0.2, -0.15) is 0 Å². The number of rotatable bonds is 6. The number of carbonyl (C=O) groups is 3. The number of hydrogen-bond acceptors (Lipinski definition) is 4. The maximum atomic E-state index is 11.8. The summed E-state index contributed by atoms with van der Waals surface area (Å²) in [4.78, 5) is 36.9. The molecule has 0 bridgehead atoms. The van der Waals surface area contributed by atoms with Crippen LogP contribution in [0.4, 0.5) is 4.79 Å². The Balaban J connectivity index is 2.65. The van der Waals surface area contributed by atoms with Crippen molar-refractivity contribution in [3.05, 3.63) is 0 Å². The second kappa shape index (κ2) is 6.56. The van der Waals surface area contributed by atoms with Crippen LogP contribution in [0.15, 0.2) is 0 Å². The smallest absolute Gasteiger partial charge is 0.333 e. The molecule has 0 N–H and O–H groups in total. The third-order valence-corrected chi connectivity index (χ3v) is 2.57. The molecule has 0 atom stereocenters. The Hall–Kier alpha value is -1.14. The van der Waals surface area contributed by atoms with Crippen LogP contribution in [0, 0.1) is 0 Å². The maximum Gasteiger partial charge on any atom is 0.333 e. The minimum Gasteiger partial charge on any atom is -0.385 e. The topological polar surface area (TPSA) is 66.9 Å². The Morgan fingerprint density at radius 2 is 1.76 bits per heavy atom. The fraction of sp³-hybridized carbons (Fsp3) is 0.700. The minimum atomic E-state index is -0.581. The molecule has 0 aliphatic carbocycles. The molecule has 1 saturated heterocycles. The molecular weight excluding hydrogens is 248 g/mol. The highest BCUT2D eigenvalue weighted by molar-refractivity contribution is 6.19. The van der Waals surface area contributed by atoms with E-state index in [0.717, 1.165) is 9.80 Å². The first-order chi connectivity index (χ1) is 8.11. The normalized spacial score (nSPS) is 16.9. The van der Waals surface area contributed by atoms with Gasteiger partial charge in [0.1, 0.15) is 6.42 Å². The lowest BCUT2D eigenvalue weighted by atomic mass is 10.2. The number of halogens is 1. The van der Waals surface area contributed by atoms with Crippen LogP contribution in [-0.4, -0.2) is 60.3 Å². The highest BCUT2D eigenvalue weighted by Crippen LogP contribution is 2.12. The van der Waals surface area contributed by atoms with Crippen LogP contribution in [0.5, 0.6) is 0 Å². The predicted molar refractivity (Wildman–Crippen MR) is 60.7 cm³/mol. The second-order valence-electron chi connectivity index (χ2n) is 3.59. The van der Waals surface area contributed by atoms with Gasteiger partial charge in [-0.25, -0.2) is 4.79 Å². The number of carbonyl (C=O) groups excluding carboxylic acids is 3. The molecule has 17 heavy (non-hydrogen) atoms.